The fourth-order valence-corrected chi connectivity index (χ4v) is 15.4. The molecular weight excluding hydrogens is 505 g/mol. The first-order valence-corrected chi connectivity index (χ1v) is 17.9. The van der Waals surface area contributed by atoms with E-state index in [1.807, 2.05) is 24.3 Å². The molecule has 2 atom stereocenters. The van der Waals surface area contributed by atoms with Crippen molar-refractivity contribution in [3.05, 3.63) is 97.1 Å². The van der Waals surface area contributed by atoms with Gasteiger partial charge in [0.25, 0.3) is 0 Å². The van der Waals surface area contributed by atoms with E-state index in [4.69, 9.17) is 18.9 Å². The third-order valence-electron chi connectivity index (χ3n) is 8.87. The molecular formula is C32H22O4Si2. The van der Waals surface area contributed by atoms with Gasteiger partial charge in [0.2, 0.25) is 0 Å². The van der Waals surface area contributed by atoms with Gasteiger partial charge in [-0.05, 0) is 69.3 Å². The fraction of sp³-hybridized carbons (Fsp3) is 0.0625. The molecule has 4 heterocycles. The average Bonchev–Trinajstić information content (AvgIpc) is 2.93. The van der Waals surface area contributed by atoms with Gasteiger partial charge in [0, 0.05) is 10.4 Å². The smallest absolute Gasteiger partial charge is 0.164 e. The van der Waals surface area contributed by atoms with Crippen LogP contribution in [0, 0.1) is 0 Å². The van der Waals surface area contributed by atoms with Crippen LogP contribution in [0.25, 0.3) is 0 Å². The summed E-state index contributed by atoms with van der Waals surface area (Å²) in [5, 5.41) is 7.38. The molecule has 0 spiro atoms. The molecule has 182 valence electrons. The molecule has 0 aliphatic carbocycles. The molecule has 0 saturated heterocycles. The summed E-state index contributed by atoms with van der Waals surface area (Å²) in [4.78, 5) is 0. The Hall–Kier alpha value is -4.27. The highest BCUT2D eigenvalue weighted by Crippen LogP contribution is 2.42. The first kappa shape index (κ1) is 20.8. The summed E-state index contributed by atoms with van der Waals surface area (Å²) in [6, 6.07) is 33.8. The maximum absolute atomic E-state index is 6.72. The SMILES string of the molecule is C[Si]12c3ccccc3Oc3cccc(c31)Oc1cc3c(cc12)Oc1cccc2c1[Si]3(C)c1ccccc1O2. The minimum atomic E-state index is -2.45. The number of ether oxygens (including phenoxy) is 4. The molecule has 0 amide bonds. The van der Waals surface area contributed by atoms with Crippen molar-refractivity contribution in [1.29, 1.82) is 0 Å². The summed E-state index contributed by atoms with van der Waals surface area (Å²) in [5.74, 6) is 7.33. The summed E-state index contributed by atoms with van der Waals surface area (Å²) in [6.07, 6.45) is 0. The molecule has 0 bridgehead atoms. The van der Waals surface area contributed by atoms with Gasteiger partial charge in [-0.25, -0.2) is 0 Å². The van der Waals surface area contributed by atoms with Crippen molar-refractivity contribution in [2.24, 2.45) is 0 Å². The molecule has 5 aromatic carbocycles. The van der Waals surface area contributed by atoms with Crippen LogP contribution < -0.4 is 50.1 Å². The van der Waals surface area contributed by atoms with Crippen LogP contribution in [0.15, 0.2) is 97.1 Å². The zero-order valence-corrected chi connectivity index (χ0v) is 22.9. The second kappa shape index (κ2) is 6.78. The fourth-order valence-electron chi connectivity index (χ4n) is 7.10. The highest BCUT2D eigenvalue weighted by atomic mass is 28.3. The molecule has 4 aliphatic heterocycles. The Morgan fingerprint density at radius 3 is 1.13 bits per heavy atom. The summed E-state index contributed by atoms with van der Waals surface area (Å²) >= 11 is 0. The second-order valence-corrected chi connectivity index (χ2v) is 18.4. The van der Waals surface area contributed by atoms with Gasteiger partial charge in [0.1, 0.15) is 46.0 Å². The molecule has 2 unspecified atom stereocenters. The van der Waals surface area contributed by atoms with E-state index in [1.165, 1.54) is 31.1 Å². The van der Waals surface area contributed by atoms with Crippen molar-refractivity contribution in [3.63, 3.8) is 0 Å². The lowest BCUT2D eigenvalue weighted by Gasteiger charge is -2.44. The Balaban J connectivity index is 1.36. The maximum atomic E-state index is 6.72. The summed E-state index contributed by atoms with van der Waals surface area (Å²) in [5.41, 5.74) is 0. The number of hydrogen-bond acceptors (Lipinski definition) is 4. The molecule has 0 fully saturated rings. The first-order chi connectivity index (χ1) is 18.6. The average molecular weight is 527 g/mol. The third-order valence-corrected chi connectivity index (χ3v) is 17.8. The summed E-state index contributed by atoms with van der Waals surface area (Å²) in [7, 11) is -4.89. The van der Waals surface area contributed by atoms with Gasteiger partial charge in [-0.1, -0.05) is 61.6 Å². The molecule has 0 aromatic heterocycles. The van der Waals surface area contributed by atoms with Crippen LogP contribution >= 0.6 is 0 Å². The van der Waals surface area contributed by atoms with Crippen LogP contribution in [0.1, 0.15) is 0 Å². The lowest BCUT2D eigenvalue weighted by atomic mass is 10.2. The van der Waals surface area contributed by atoms with Crippen molar-refractivity contribution in [3.8, 4) is 46.0 Å². The van der Waals surface area contributed by atoms with E-state index < -0.39 is 16.1 Å². The van der Waals surface area contributed by atoms with E-state index >= 15 is 0 Å². The maximum Gasteiger partial charge on any atom is 0.164 e. The molecule has 0 saturated carbocycles. The summed E-state index contributed by atoms with van der Waals surface area (Å²) < 4.78 is 26.2. The van der Waals surface area contributed by atoms with Crippen LogP contribution in [-0.2, 0) is 0 Å². The molecule has 38 heavy (non-hydrogen) atoms. The number of benzene rings is 5. The minimum Gasteiger partial charge on any atom is -0.457 e. The monoisotopic (exact) mass is 526 g/mol. The van der Waals surface area contributed by atoms with E-state index in [-0.39, 0.29) is 0 Å². The summed E-state index contributed by atoms with van der Waals surface area (Å²) in [6.45, 7) is 4.84. The quantitative estimate of drug-likeness (QED) is 0.282. The van der Waals surface area contributed by atoms with Gasteiger partial charge in [0.15, 0.2) is 16.1 Å². The molecule has 4 aliphatic rings. The van der Waals surface area contributed by atoms with E-state index in [9.17, 15) is 0 Å². The highest BCUT2D eigenvalue weighted by molar-refractivity contribution is 7.14. The molecule has 6 heteroatoms. The standard InChI is InChI=1S/C32H22O4Si2/c1-37-27-15-5-3-9-19(27)33-21-11-7-13-23(31(21)37)35-25-18-30-26(17-29(25)37)36-24-14-8-12-22-32(24)38(30,2)28-16-6-4-10-20(28)34-22/h3-18H,1-2H3. The van der Waals surface area contributed by atoms with Gasteiger partial charge >= 0.3 is 0 Å². The van der Waals surface area contributed by atoms with Crippen molar-refractivity contribution in [2.75, 3.05) is 0 Å². The van der Waals surface area contributed by atoms with Crippen molar-refractivity contribution in [2.45, 2.75) is 13.1 Å². The topological polar surface area (TPSA) is 36.9 Å². The van der Waals surface area contributed by atoms with Crippen molar-refractivity contribution in [1.82, 2.24) is 0 Å². The largest absolute Gasteiger partial charge is 0.457 e. The van der Waals surface area contributed by atoms with E-state index in [2.05, 4.69) is 85.9 Å². The van der Waals surface area contributed by atoms with Crippen molar-refractivity contribution >= 4 is 47.3 Å². The van der Waals surface area contributed by atoms with Gasteiger partial charge in [0.05, 0.1) is 0 Å². The number of rotatable bonds is 0. The predicted molar refractivity (Wildman–Crippen MR) is 154 cm³/mol. The Kier molecular flexibility index (Phi) is 3.70. The van der Waals surface area contributed by atoms with E-state index in [0.29, 0.717) is 0 Å². The van der Waals surface area contributed by atoms with E-state index in [0.717, 1.165) is 46.0 Å². The Morgan fingerprint density at radius 1 is 0.368 bits per heavy atom. The molecule has 0 radical (unpaired) electrons. The number of hydrogen-bond donors (Lipinski definition) is 0. The number of fused-ring (bicyclic) bond motifs is 8. The molecule has 0 N–H and O–H groups in total. The lowest BCUT2D eigenvalue weighted by molar-refractivity contribution is 0.456. The molecule has 5 aromatic rings. The Labute approximate surface area is 222 Å². The third kappa shape index (κ3) is 2.32. The van der Waals surface area contributed by atoms with Crippen LogP contribution in [-0.4, -0.2) is 16.1 Å². The Morgan fingerprint density at radius 2 is 0.711 bits per heavy atom. The van der Waals surface area contributed by atoms with Crippen LogP contribution in [0.3, 0.4) is 0 Å². The zero-order valence-electron chi connectivity index (χ0n) is 20.9. The van der Waals surface area contributed by atoms with Gasteiger partial charge < -0.3 is 18.9 Å². The van der Waals surface area contributed by atoms with Gasteiger partial charge in [-0.3, -0.25) is 0 Å². The molecule has 4 nitrogen and oxygen atoms in total. The minimum absolute atomic E-state index is 0.898. The van der Waals surface area contributed by atoms with Crippen LogP contribution in [0.2, 0.25) is 13.1 Å². The van der Waals surface area contributed by atoms with Gasteiger partial charge in [-0.15, -0.1) is 0 Å². The van der Waals surface area contributed by atoms with Gasteiger partial charge in [-0.2, -0.15) is 0 Å². The number of para-hydroxylation sites is 2. The first-order valence-electron chi connectivity index (χ1n) is 12.9. The van der Waals surface area contributed by atoms with E-state index in [1.54, 1.807) is 0 Å². The molecule has 9 rings (SSSR count). The normalized spacial score (nSPS) is 21.9. The van der Waals surface area contributed by atoms with Crippen LogP contribution in [0.4, 0.5) is 0 Å². The highest BCUT2D eigenvalue weighted by Gasteiger charge is 2.53. The zero-order chi connectivity index (χ0) is 25.2. The second-order valence-electron chi connectivity index (χ2n) is 10.8. The lowest BCUT2D eigenvalue weighted by Crippen LogP contribution is -2.71. The van der Waals surface area contributed by atoms with Crippen LogP contribution in [0.5, 0.6) is 46.0 Å². The predicted octanol–water partition coefficient (Wildman–Crippen LogP) is 4.31. The van der Waals surface area contributed by atoms with Crippen molar-refractivity contribution < 1.29 is 18.9 Å². The Bertz CT molecular complexity index is 1750.